The third kappa shape index (κ3) is 5.02. The molecule has 2 rings (SSSR count). The lowest BCUT2D eigenvalue weighted by atomic mass is 10.3. The van der Waals surface area contributed by atoms with Gasteiger partial charge in [-0.25, -0.2) is 0 Å². The Hall–Kier alpha value is -0.480. The van der Waals surface area contributed by atoms with Crippen LogP contribution in [0.25, 0.3) is 0 Å². The van der Waals surface area contributed by atoms with Crippen molar-refractivity contribution >= 4 is 11.6 Å². The van der Waals surface area contributed by atoms with E-state index in [0.717, 1.165) is 50.1 Å². The number of benzene rings is 1. The highest BCUT2D eigenvalue weighted by Crippen LogP contribution is 2.16. The summed E-state index contributed by atoms with van der Waals surface area (Å²) in [5, 5.41) is 0.724. The van der Waals surface area contributed by atoms with Crippen molar-refractivity contribution in [3.63, 3.8) is 0 Å². The van der Waals surface area contributed by atoms with E-state index in [0.29, 0.717) is 0 Å². The van der Waals surface area contributed by atoms with Crippen molar-refractivity contribution in [3.05, 3.63) is 29.3 Å². The molecule has 0 N–H and O–H groups in total. The Labute approximate surface area is 120 Å². The lowest BCUT2D eigenvalue weighted by Gasteiger charge is -2.32. The highest BCUT2D eigenvalue weighted by atomic mass is 35.5. The van der Waals surface area contributed by atoms with Crippen LogP contribution in [-0.4, -0.2) is 56.2 Å². The number of halogens is 2. The molecule has 0 amide bonds. The van der Waals surface area contributed by atoms with E-state index in [2.05, 4.69) is 16.8 Å². The van der Waals surface area contributed by atoms with E-state index in [4.69, 9.17) is 16.3 Å². The molecule has 1 heterocycles. The zero-order chi connectivity index (χ0) is 12.1. The standard InChI is InChI=1S/C13H19ClN2O.ClH/c1-15-5-7-16(8-6-15)9-10-17-13-4-2-3-12(14)11-13;/h2-4,11H,5-10H2,1H3;1H/p-1. The maximum Gasteiger partial charge on any atom is 0.120 e. The van der Waals surface area contributed by atoms with Crippen LogP contribution in [0.1, 0.15) is 0 Å². The third-order valence-corrected chi connectivity index (χ3v) is 3.30. The predicted octanol–water partition coefficient (Wildman–Crippen LogP) is -1.03. The summed E-state index contributed by atoms with van der Waals surface area (Å²) in [4.78, 5) is 4.79. The Balaban J connectivity index is 0.00000162. The summed E-state index contributed by atoms with van der Waals surface area (Å²) in [6.07, 6.45) is 0. The lowest BCUT2D eigenvalue weighted by molar-refractivity contribution is -0.00000395. The highest BCUT2D eigenvalue weighted by Gasteiger charge is 2.12. The lowest BCUT2D eigenvalue weighted by Crippen LogP contribution is -3.00. The SMILES string of the molecule is CN1CCN(CCOc2cccc(Cl)c2)CC1.[Cl-]. The molecular weight excluding hydrogens is 271 g/mol. The van der Waals surface area contributed by atoms with E-state index >= 15 is 0 Å². The maximum absolute atomic E-state index is 5.89. The summed E-state index contributed by atoms with van der Waals surface area (Å²) in [6, 6.07) is 7.56. The first-order chi connectivity index (χ1) is 8.24. The van der Waals surface area contributed by atoms with Gasteiger partial charge in [0.15, 0.2) is 0 Å². The Morgan fingerprint density at radius 2 is 1.94 bits per heavy atom. The average Bonchev–Trinajstić information content (AvgIpc) is 2.32. The minimum absolute atomic E-state index is 0. The van der Waals surface area contributed by atoms with Gasteiger partial charge in [0.05, 0.1) is 0 Å². The minimum Gasteiger partial charge on any atom is -1.00 e. The smallest absolute Gasteiger partial charge is 0.120 e. The zero-order valence-corrected chi connectivity index (χ0v) is 12.1. The summed E-state index contributed by atoms with van der Waals surface area (Å²) in [7, 11) is 2.17. The molecule has 18 heavy (non-hydrogen) atoms. The Morgan fingerprint density at radius 1 is 1.22 bits per heavy atom. The van der Waals surface area contributed by atoms with Gasteiger partial charge in [0.1, 0.15) is 12.4 Å². The molecule has 1 fully saturated rings. The normalized spacial score (nSPS) is 17.2. The van der Waals surface area contributed by atoms with E-state index in [1.54, 1.807) is 0 Å². The van der Waals surface area contributed by atoms with Gasteiger partial charge >= 0.3 is 0 Å². The molecule has 1 aromatic carbocycles. The van der Waals surface area contributed by atoms with E-state index < -0.39 is 0 Å². The molecule has 0 saturated carbocycles. The first kappa shape index (κ1) is 15.6. The first-order valence-electron chi connectivity index (χ1n) is 6.03. The molecule has 5 heteroatoms. The second-order valence-electron chi connectivity index (χ2n) is 4.45. The van der Waals surface area contributed by atoms with Crippen molar-refractivity contribution < 1.29 is 17.1 Å². The number of hydrogen-bond donors (Lipinski definition) is 0. The second-order valence-corrected chi connectivity index (χ2v) is 4.89. The van der Waals surface area contributed by atoms with Gasteiger partial charge in [-0.2, -0.15) is 0 Å². The topological polar surface area (TPSA) is 15.7 Å². The van der Waals surface area contributed by atoms with Crippen LogP contribution in [0.3, 0.4) is 0 Å². The van der Waals surface area contributed by atoms with Crippen LogP contribution in [0.5, 0.6) is 5.75 Å². The van der Waals surface area contributed by atoms with Crippen LogP contribution in [0.2, 0.25) is 5.02 Å². The predicted molar refractivity (Wildman–Crippen MR) is 70.9 cm³/mol. The quantitative estimate of drug-likeness (QED) is 0.705. The van der Waals surface area contributed by atoms with Gasteiger partial charge < -0.3 is 22.0 Å². The van der Waals surface area contributed by atoms with Crippen molar-refractivity contribution in [3.8, 4) is 5.75 Å². The zero-order valence-electron chi connectivity index (χ0n) is 10.6. The molecule has 0 radical (unpaired) electrons. The van der Waals surface area contributed by atoms with E-state index in [1.807, 2.05) is 24.3 Å². The number of rotatable bonds is 4. The fourth-order valence-electron chi connectivity index (χ4n) is 1.92. The number of hydrogen-bond acceptors (Lipinski definition) is 3. The van der Waals surface area contributed by atoms with Crippen molar-refractivity contribution in [2.24, 2.45) is 0 Å². The van der Waals surface area contributed by atoms with Gasteiger partial charge in [0, 0.05) is 37.7 Å². The molecule has 0 unspecified atom stereocenters. The highest BCUT2D eigenvalue weighted by molar-refractivity contribution is 6.30. The maximum atomic E-state index is 5.89. The molecule has 3 nitrogen and oxygen atoms in total. The molecule has 1 aromatic rings. The number of piperazine rings is 1. The number of nitrogens with zero attached hydrogens (tertiary/aromatic N) is 2. The fourth-order valence-corrected chi connectivity index (χ4v) is 2.10. The van der Waals surface area contributed by atoms with Crippen LogP contribution >= 0.6 is 11.6 Å². The monoisotopic (exact) mass is 289 g/mol. The minimum atomic E-state index is 0. The summed E-state index contributed by atoms with van der Waals surface area (Å²) in [5.41, 5.74) is 0. The Morgan fingerprint density at radius 3 is 2.61 bits per heavy atom. The van der Waals surface area contributed by atoms with E-state index in [9.17, 15) is 0 Å². The molecule has 1 aliphatic heterocycles. The molecule has 102 valence electrons. The third-order valence-electron chi connectivity index (χ3n) is 3.07. The summed E-state index contributed by atoms with van der Waals surface area (Å²) in [5.74, 6) is 0.853. The van der Waals surface area contributed by atoms with E-state index in [1.165, 1.54) is 0 Å². The molecule has 0 aliphatic carbocycles. The molecule has 0 spiro atoms. The molecule has 0 bridgehead atoms. The number of ether oxygens (including phenoxy) is 1. The summed E-state index contributed by atoms with van der Waals surface area (Å²) >= 11 is 5.89. The molecule has 0 aromatic heterocycles. The van der Waals surface area contributed by atoms with E-state index in [-0.39, 0.29) is 12.4 Å². The van der Waals surface area contributed by atoms with Crippen molar-refractivity contribution in [1.82, 2.24) is 9.80 Å². The summed E-state index contributed by atoms with van der Waals surface area (Å²) in [6.45, 7) is 6.28. The molecule has 1 saturated heterocycles. The average molecular weight is 290 g/mol. The van der Waals surface area contributed by atoms with Crippen molar-refractivity contribution in [2.45, 2.75) is 0 Å². The van der Waals surface area contributed by atoms with Crippen LogP contribution in [0.15, 0.2) is 24.3 Å². The Kier molecular flexibility index (Phi) is 6.79. The largest absolute Gasteiger partial charge is 1.00 e. The second kappa shape index (κ2) is 7.85. The van der Waals surface area contributed by atoms with Gasteiger partial charge in [-0.3, -0.25) is 4.90 Å². The number of likely N-dealkylation sites (N-methyl/N-ethyl adjacent to an activating group) is 1. The van der Waals surface area contributed by atoms with Crippen LogP contribution < -0.4 is 17.1 Å². The molecule has 0 atom stereocenters. The Bertz CT molecular complexity index is 355. The van der Waals surface area contributed by atoms with Crippen LogP contribution in [0.4, 0.5) is 0 Å². The van der Waals surface area contributed by atoms with Gasteiger partial charge in [-0.1, -0.05) is 17.7 Å². The summed E-state index contributed by atoms with van der Waals surface area (Å²) < 4.78 is 5.68. The van der Waals surface area contributed by atoms with Crippen molar-refractivity contribution in [2.75, 3.05) is 46.4 Å². The first-order valence-corrected chi connectivity index (χ1v) is 6.41. The van der Waals surface area contributed by atoms with Gasteiger partial charge in [0.25, 0.3) is 0 Å². The molecular formula is C13H19Cl2N2O-. The van der Waals surface area contributed by atoms with Gasteiger partial charge in [-0.05, 0) is 25.2 Å². The molecule has 1 aliphatic rings. The van der Waals surface area contributed by atoms with Gasteiger partial charge in [-0.15, -0.1) is 0 Å². The van der Waals surface area contributed by atoms with Crippen molar-refractivity contribution in [1.29, 1.82) is 0 Å². The van der Waals surface area contributed by atoms with Crippen LogP contribution in [0, 0.1) is 0 Å². The van der Waals surface area contributed by atoms with Crippen LogP contribution in [-0.2, 0) is 0 Å². The fraction of sp³-hybridized carbons (Fsp3) is 0.538. The van der Waals surface area contributed by atoms with Gasteiger partial charge in [0.2, 0.25) is 0 Å².